The Morgan fingerprint density at radius 2 is 1.28 bits per heavy atom. The zero-order valence-electron chi connectivity index (χ0n) is 9.09. The average Bonchev–Trinajstić information content (AvgIpc) is 2.16. The van der Waals surface area contributed by atoms with Crippen molar-refractivity contribution in [3.63, 3.8) is 0 Å². The number of halogens is 9. The smallest absolute Gasteiger partial charge is 0.380 e. The van der Waals surface area contributed by atoms with E-state index in [0.29, 0.717) is 7.11 Å². The van der Waals surface area contributed by atoms with Crippen LogP contribution in [0.15, 0.2) is 0 Å². The fourth-order valence-electron chi connectivity index (χ4n) is 0.961. The summed E-state index contributed by atoms with van der Waals surface area (Å²) in [5.74, 6) is -18.9. The van der Waals surface area contributed by atoms with Crippen molar-refractivity contribution in [2.75, 3.05) is 7.11 Å². The fourth-order valence-corrected chi connectivity index (χ4v) is 1.73. The maximum atomic E-state index is 12.8. The van der Waals surface area contributed by atoms with Gasteiger partial charge in [-0.25, -0.2) is 13.2 Å². The maximum absolute atomic E-state index is 12.8. The van der Waals surface area contributed by atoms with Gasteiger partial charge in [0, 0.05) is 7.11 Å². The average molecular weight is 308 g/mol. The molecule has 0 aromatic rings. The molecule has 1 atom stereocenters. The van der Waals surface area contributed by atoms with Crippen LogP contribution in [0.2, 0.25) is 0 Å². The highest BCUT2D eigenvalue weighted by molar-refractivity contribution is 6.31. The van der Waals surface area contributed by atoms with Gasteiger partial charge in [0.15, 0.2) is 6.17 Å². The fraction of sp³-hybridized carbons (Fsp3) is 1.00. The zero-order chi connectivity index (χ0) is 15.0. The van der Waals surface area contributed by atoms with Crippen LogP contribution >= 0.6 is 0 Å². The quantitative estimate of drug-likeness (QED) is 0.541. The zero-order valence-corrected chi connectivity index (χ0v) is 10.5. The number of hydrogen-bond acceptors (Lipinski definition) is 1. The van der Waals surface area contributed by atoms with Crippen LogP contribution in [0.4, 0.5) is 39.5 Å². The molecule has 18 heavy (non-hydrogen) atoms. The minimum Gasteiger partial charge on any atom is -0.420 e. The maximum Gasteiger partial charge on any atom is 0.380 e. The van der Waals surface area contributed by atoms with E-state index in [0.717, 1.165) is 0 Å². The van der Waals surface area contributed by atoms with E-state index >= 15 is 0 Å². The Balaban J connectivity index is 5.58. The van der Waals surface area contributed by atoms with Crippen molar-refractivity contribution in [2.24, 2.45) is 0 Å². The Kier molecular flexibility index (Phi) is 4.78. The summed E-state index contributed by atoms with van der Waals surface area (Å²) in [6.07, 6.45) is -3.72. The minimum atomic E-state index is -6.54. The SMILES string of the molecule is CO[SiH2]C(F)(F)C(F)(F)C(F)(F)C(F)(F)C(C)F. The summed E-state index contributed by atoms with van der Waals surface area (Å²) in [5, 5.41) is 0. The van der Waals surface area contributed by atoms with Crippen molar-refractivity contribution < 1.29 is 43.9 Å². The summed E-state index contributed by atoms with van der Waals surface area (Å²) < 4.78 is 118. The van der Waals surface area contributed by atoms with Gasteiger partial charge in [-0.05, 0) is 6.92 Å². The van der Waals surface area contributed by atoms with Gasteiger partial charge in [-0.2, -0.15) is 26.3 Å². The van der Waals surface area contributed by atoms with Gasteiger partial charge in [-0.15, -0.1) is 0 Å². The molecule has 0 spiro atoms. The molecule has 0 heterocycles. The van der Waals surface area contributed by atoms with Crippen molar-refractivity contribution in [1.29, 1.82) is 0 Å². The standard InChI is InChI=1S/C7H9F9OSi/c1-3(8)4(9,10)5(11,12)6(13,14)7(15,16)18-17-2/h3H,18H2,1-2H3. The molecular formula is C7H9F9OSi. The Morgan fingerprint density at radius 1 is 0.889 bits per heavy atom. The predicted molar refractivity (Wildman–Crippen MR) is 45.9 cm³/mol. The van der Waals surface area contributed by atoms with E-state index < -0.39 is 39.2 Å². The molecule has 0 bridgehead atoms. The lowest BCUT2D eigenvalue weighted by Crippen LogP contribution is -2.66. The van der Waals surface area contributed by atoms with Crippen molar-refractivity contribution in [1.82, 2.24) is 0 Å². The van der Waals surface area contributed by atoms with Gasteiger partial charge in [0.1, 0.15) is 0 Å². The Morgan fingerprint density at radius 3 is 1.56 bits per heavy atom. The molecule has 0 fully saturated rings. The predicted octanol–water partition coefficient (Wildman–Crippen LogP) is 2.57. The van der Waals surface area contributed by atoms with E-state index in [-0.39, 0.29) is 6.92 Å². The molecule has 0 saturated heterocycles. The second-order valence-corrected chi connectivity index (χ2v) is 5.28. The second kappa shape index (κ2) is 4.91. The van der Waals surface area contributed by atoms with Gasteiger partial charge in [-0.1, -0.05) is 0 Å². The van der Waals surface area contributed by atoms with Crippen LogP contribution in [-0.2, 0) is 4.43 Å². The molecule has 1 nitrogen and oxygen atoms in total. The van der Waals surface area contributed by atoms with E-state index in [1.54, 1.807) is 0 Å². The van der Waals surface area contributed by atoms with Crippen molar-refractivity contribution in [3.8, 4) is 0 Å². The molecule has 1 unspecified atom stereocenters. The molecule has 0 aromatic heterocycles. The van der Waals surface area contributed by atoms with Crippen LogP contribution in [0.25, 0.3) is 0 Å². The van der Waals surface area contributed by atoms with Gasteiger partial charge in [-0.3, -0.25) is 0 Å². The molecule has 0 aliphatic heterocycles. The topological polar surface area (TPSA) is 9.23 Å². The number of hydrogen-bond donors (Lipinski definition) is 0. The van der Waals surface area contributed by atoms with Crippen LogP contribution in [0.1, 0.15) is 6.92 Å². The normalized spacial score (nSPS) is 17.5. The Bertz CT molecular complexity index is 291. The largest absolute Gasteiger partial charge is 0.420 e. The van der Waals surface area contributed by atoms with Crippen LogP contribution < -0.4 is 0 Å². The lowest BCUT2D eigenvalue weighted by molar-refractivity contribution is -0.359. The summed E-state index contributed by atoms with van der Waals surface area (Å²) in [6.45, 7) is -0.129. The Labute approximate surface area is 98.2 Å². The highest BCUT2D eigenvalue weighted by atomic mass is 28.2. The molecule has 110 valence electrons. The van der Waals surface area contributed by atoms with Gasteiger partial charge in [0.05, 0.1) is 0 Å². The molecule has 0 N–H and O–H groups in total. The van der Waals surface area contributed by atoms with Crippen LogP contribution in [0.5, 0.6) is 0 Å². The summed E-state index contributed by atoms with van der Waals surface area (Å²) in [6, 6.07) is 0. The molecule has 0 aromatic carbocycles. The summed E-state index contributed by atoms with van der Waals surface area (Å²) in [7, 11) is -2.99. The van der Waals surface area contributed by atoms with Gasteiger partial charge in [0.25, 0.3) is 0 Å². The molecule has 0 saturated carbocycles. The summed E-state index contributed by atoms with van der Waals surface area (Å²) >= 11 is 0. The lowest BCUT2D eigenvalue weighted by Gasteiger charge is -2.36. The van der Waals surface area contributed by atoms with Crippen LogP contribution in [0.3, 0.4) is 0 Å². The van der Waals surface area contributed by atoms with E-state index in [1.165, 1.54) is 0 Å². The second-order valence-electron chi connectivity index (χ2n) is 3.53. The van der Waals surface area contributed by atoms with Crippen LogP contribution in [-0.4, -0.2) is 46.4 Å². The van der Waals surface area contributed by atoms with Crippen molar-refractivity contribution in [3.05, 3.63) is 0 Å². The number of rotatable bonds is 6. The van der Waals surface area contributed by atoms with Crippen LogP contribution in [0, 0.1) is 0 Å². The Hall–Kier alpha value is -0.453. The first-order valence-corrected chi connectivity index (χ1v) is 5.68. The van der Waals surface area contributed by atoms with Gasteiger partial charge in [0.2, 0.25) is 9.76 Å². The first-order valence-electron chi connectivity index (χ1n) is 4.40. The van der Waals surface area contributed by atoms with Crippen molar-refractivity contribution in [2.45, 2.75) is 36.4 Å². The van der Waals surface area contributed by atoms with E-state index in [9.17, 15) is 39.5 Å². The van der Waals surface area contributed by atoms with E-state index in [1.807, 2.05) is 0 Å². The molecule has 0 radical (unpaired) electrons. The first-order chi connectivity index (χ1) is 7.75. The molecule has 0 rings (SSSR count). The highest BCUT2D eigenvalue weighted by Gasteiger charge is 2.81. The molecule has 11 heteroatoms. The van der Waals surface area contributed by atoms with E-state index in [2.05, 4.69) is 4.43 Å². The molecule has 0 aliphatic carbocycles. The van der Waals surface area contributed by atoms with Gasteiger partial charge >= 0.3 is 23.3 Å². The monoisotopic (exact) mass is 308 g/mol. The first kappa shape index (κ1) is 17.5. The van der Waals surface area contributed by atoms with Gasteiger partial charge < -0.3 is 4.43 Å². The lowest BCUT2D eigenvalue weighted by atomic mass is 10.0. The third-order valence-electron chi connectivity index (χ3n) is 2.10. The van der Waals surface area contributed by atoms with Crippen molar-refractivity contribution >= 4 is 9.76 Å². The third kappa shape index (κ3) is 2.46. The number of alkyl halides is 9. The molecular weight excluding hydrogens is 299 g/mol. The summed E-state index contributed by atoms with van der Waals surface area (Å²) in [5.41, 5.74) is -5.44. The molecule has 0 aliphatic rings. The summed E-state index contributed by atoms with van der Waals surface area (Å²) in [4.78, 5) is 0. The van der Waals surface area contributed by atoms with E-state index in [4.69, 9.17) is 0 Å². The minimum absolute atomic E-state index is 0.129. The highest BCUT2D eigenvalue weighted by Crippen LogP contribution is 2.53. The molecule has 0 amide bonds. The third-order valence-corrected chi connectivity index (χ3v) is 3.19.